The van der Waals surface area contributed by atoms with Crippen molar-refractivity contribution >= 4 is 0 Å². The Balaban J connectivity index is 1.78. The van der Waals surface area contributed by atoms with Crippen molar-refractivity contribution < 1.29 is 9.26 Å². The quantitative estimate of drug-likeness (QED) is 0.843. The molecule has 1 aliphatic heterocycles. The number of rotatable bonds is 3. The van der Waals surface area contributed by atoms with E-state index in [9.17, 15) is 0 Å². The van der Waals surface area contributed by atoms with Crippen LogP contribution >= 0.6 is 0 Å². The molecule has 0 aliphatic carbocycles. The molecule has 19 heavy (non-hydrogen) atoms. The molecule has 6 nitrogen and oxygen atoms in total. The fourth-order valence-corrected chi connectivity index (χ4v) is 2.30. The van der Waals surface area contributed by atoms with Crippen LogP contribution < -0.4 is 0 Å². The molecule has 2 aromatic rings. The van der Waals surface area contributed by atoms with Crippen molar-refractivity contribution in [3.8, 4) is 0 Å². The van der Waals surface area contributed by atoms with Crippen LogP contribution in [0.5, 0.6) is 0 Å². The Morgan fingerprint density at radius 3 is 2.79 bits per heavy atom. The lowest BCUT2D eigenvalue weighted by Gasteiger charge is -2.00. The van der Waals surface area contributed by atoms with Gasteiger partial charge in [0.05, 0.1) is 12.3 Å². The van der Waals surface area contributed by atoms with E-state index < -0.39 is 0 Å². The first-order valence-electron chi connectivity index (χ1n) is 6.56. The molecule has 2 aromatic heterocycles. The normalized spacial score (nSPS) is 19.2. The summed E-state index contributed by atoms with van der Waals surface area (Å²) in [7, 11) is 0. The number of ether oxygens (including phenoxy) is 1. The summed E-state index contributed by atoms with van der Waals surface area (Å²) in [5.41, 5.74) is 3.40. The van der Waals surface area contributed by atoms with Crippen LogP contribution in [-0.4, -0.2) is 33.1 Å². The zero-order valence-electron chi connectivity index (χ0n) is 11.5. The van der Waals surface area contributed by atoms with Gasteiger partial charge in [-0.3, -0.25) is 4.68 Å². The molecule has 0 unspecified atom stereocenters. The molecule has 0 amide bonds. The first-order valence-corrected chi connectivity index (χ1v) is 6.56. The van der Waals surface area contributed by atoms with Crippen LogP contribution in [0.15, 0.2) is 4.52 Å². The Bertz CT molecular complexity index is 581. The lowest BCUT2D eigenvalue weighted by atomic mass is 10.1. The monoisotopic (exact) mass is 262 g/mol. The fourth-order valence-electron chi connectivity index (χ4n) is 2.30. The van der Waals surface area contributed by atoms with Gasteiger partial charge in [0.2, 0.25) is 5.89 Å². The maximum atomic E-state index is 5.34. The van der Waals surface area contributed by atoms with E-state index in [2.05, 4.69) is 29.1 Å². The predicted molar refractivity (Wildman–Crippen MR) is 68.0 cm³/mol. The standard InChI is InChI=1S/C13H18N4O2/c1-8-9(2)15-17(10(8)3)6-12-14-13(16-19-12)11-4-5-18-7-11/h11H,4-7H2,1-3H3/t11-/m1/s1. The van der Waals surface area contributed by atoms with Crippen molar-refractivity contribution in [2.75, 3.05) is 13.2 Å². The Kier molecular flexibility index (Phi) is 3.10. The van der Waals surface area contributed by atoms with Gasteiger partial charge < -0.3 is 9.26 Å². The van der Waals surface area contributed by atoms with Gasteiger partial charge in [-0.25, -0.2) is 0 Å². The lowest BCUT2D eigenvalue weighted by Crippen LogP contribution is -2.05. The molecule has 1 atom stereocenters. The minimum Gasteiger partial charge on any atom is -0.381 e. The molecule has 0 saturated carbocycles. The third kappa shape index (κ3) is 2.28. The third-order valence-electron chi connectivity index (χ3n) is 3.81. The lowest BCUT2D eigenvalue weighted by molar-refractivity contribution is 0.192. The van der Waals surface area contributed by atoms with Gasteiger partial charge >= 0.3 is 0 Å². The third-order valence-corrected chi connectivity index (χ3v) is 3.81. The fraction of sp³-hybridized carbons (Fsp3) is 0.615. The van der Waals surface area contributed by atoms with E-state index in [-0.39, 0.29) is 5.92 Å². The molecule has 1 aliphatic rings. The van der Waals surface area contributed by atoms with Crippen molar-refractivity contribution in [1.29, 1.82) is 0 Å². The highest BCUT2D eigenvalue weighted by atomic mass is 16.5. The van der Waals surface area contributed by atoms with Gasteiger partial charge in [0.25, 0.3) is 0 Å². The van der Waals surface area contributed by atoms with Crippen molar-refractivity contribution in [3.63, 3.8) is 0 Å². The molecule has 3 rings (SSSR count). The summed E-state index contributed by atoms with van der Waals surface area (Å²) in [5.74, 6) is 1.64. The first-order chi connectivity index (χ1) is 9.15. The van der Waals surface area contributed by atoms with Crippen molar-refractivity contribution in [2.45, 2.75) is 39.7 Å². The van der Waals surface area contributed by atoms with E-state index in [0.29, 0.717) is 19.0 Å². The highest BCUT2D eigenvalue weighted by Crippen LogP contribution is 2.22. The van der Waals surface area contributed by atoms with E-state index in [1.807, 2.05) is 11.6 Å². The predicted octanol–water partition coefficient (Wildman–Crippen LogP) is 1.74. The molecular formula is C13H18N4O2. The van der Waals surface area contributed by atoms with E-state index in [1.165, 1.54) is 5.56 Å². The number of aryl methyl sites for hydroxylation is 1. The van der Waals surface area contributed by atoms with Crippen LogP contribution in [0, 0.1) is 20.8 Å². The molecule has 6 heteroatoms. The summed E-state index contributed by atoms with van der Waals surface area (Å²) in [6, 6.07) is 0. The smallest absolute Gasteiger partial charge is 0.248 e. The number of hydrogen-bond acceptors (Lipinski definition) is 5. The Morgan fingerprint density at radius 1 is 1.32 bits per heavy atom. The molecule has 1 saturated heterocycles. The average Bonchev–Trinajstić information content (AvgIpc) is 3.09. The summed E-state index contributed by atoms with van der Waals surface area (Å²) in [6.45, 7) is 8.14. The second-order valence-corrected chi connectivity index (χ2v) is 5.06. The maximum absolute atomic E-state index is 5.34. The zero-order chi connectivity index (χ0) is 13.4. The largest absolute Gasteiger partial charge is 0.381 e. The minimum atomic E-state index is 0.277. The first kappa shape index (κ1) is 12.3. The van der Waals surface area contributed by atoms with Gasteiger partial charge in [0, 0.05) is 18.2 Å². The van der Waals surface area contributed by atoms with Crippen LogP contribution in [0.4, 0.5) is 0 Å². The van der Waals surface area contributed by atoms with E-state index in [0.717, 1.165) is 30.2 Å². The molecule has 0 spiro atoms. The number of nitrogens with zero attached hydrogens (tertiary/aromatic N) is 4. The van der Waals surface area contributed by atoms with Gasteiger partial charge in [0.15, 0.2) is 5.82 Å². The van der Waals surface area contributed by atoms with Crippen molar-refractivity contribution in [3.05, 3.63) is 28.7 Å². The van der Waals surface area contributed by atoms with Gasteiger partial charge in [-0.2, -0.15) is 10.1 Å². The van der Waals surface area contributed by atoms with Crippen molar-refractivity contribution in [1.82, 2.24) is 19.9 Å². The summed E-state index contributed by atoms with van der Waals surface area (Å²) in [4.78, 5) is 4.45. The second kappa shape index (κ2) is 4.77. The molecule has 102 valence electrons. The van der Waals surface area contributed by atoms with Crippen molar-refractivity contribution in [2.24, 2.45) is 0 Å². The van der Waals surface area contributed by atoms with Crippen LogP contribution in [0.2, 0.25) is 0 Å². The van der Waals surface area contributed by atoms with E-state index in [1.54, 1.807) is 0 Å². The van der Waals surface area contributed by atoms with Crippen LogP contribution in [-0.2, 0) is 11.3 Å². The minimum absolute atomic E-state index is 0.277. The SMILES string of the molecule is Cc1nn(Cc2nc([C@@H]3CCOC3)no2)c(C)c1C. The zero-order valence-corrected chi connectivity index (χ0v) is 11.5. The summed E-state index contributed by atoms with van der Waals surface area (Å²) in [5, 5.41) is 8.52. The molecule has 0 aromatic carbocycles. The Hall–Kier alpha value is -1.69. The van der Waals surface area contributed by atoms with Crippen LogP contribution in [0.1, 0.15) is 41.0 Å². The Labute approximate surface area is 111 Å². The average molecular weight is 262 g/mol. The molecule has 1 fully saturated rings. The van der Waals surface area contributed by atoms with Crippen LogP contribution in [0.3, 0.4) is 0 Å². The highest BCUT2D eigenvalue weighted by molar-refractivity contribution is 5.22. The second-order valence-electron chi connectivity index (χ2n) is 5.06. The number of aromatic nitrogens is 4. The number of hydrogen-bond donors (Lipinski definition) is 0. The maximum Gasteiger partial charge on any atom is 0.248 e. The van der Waals surface area contributed by atoms with Crippen LogP contribution in [0.25, 0.3) is 0 Å². The topological polar surface area (TPSA) is 66.0 Å². The van der Waals surface area contributed by atoms with Gasteiger partial charge in [0.1, 0.15) is 6.54 Å². The van der Waals surface area contributed by atoms with Gasteiger partial charge in [-0.1, -0.05) is 5.16 Å². The van der Waals surface area contributed by atoms with E-state index in [4.69, 9.17) is 9.26 Å². The summed E-state index contributed by atoms with van der Waals surface area (Å²) in [6.07, 6.45) is 0.970. The molecule has 0 N–H and O–H groups in total. The summed E-state index contributed by atoms with van der Waals surface area (Å²) >= 11 is 0. The Morgan fingerprint density at radius 2 is 2.16 bits per heavy atom. The molecule has 0 bridgehead atoms. The summed E-state index contributed by atoms with van der Waals surface area (Å²) < 4.78 is 12.6. The van der Waals surface area contributed by atoms with E-state index >= 15 is 0 Å². The highest BCUT2D eigenvalue weighted by Gasteiger charge is 2.23. The van der Waals surface area contributed by atoms with Gasteiger partial charge in [-0.05, 0) is 32.8 Å². The molecular weight excluding hydrogens is 244 g/mol. The van der Waals surface area contributed by atoms with Gasteiger partial charge in [-0.15, -0.1) is 0 Å². The molecule has 0 radical (unpaired) electrons. The molecule has 3 heterocycles.